The third kappa shape index (κ3) is 3.08. The van der Waals surface area contributed by atoms with Gasteiger partial charge in [0, 0.05) is 18.0 Å². The maximum Gasteiger partial charge on any atom is 0.154 e. The van der Waals surface area contributed by atoms with Gasteiger partial charge in [-0.3, -0.25) is 0 Å². The topological polar surface area (TPSA) is 48.0 Å². The lowest BCUT2D eigenvalue weighted by atomic mass is 10.2. The molecular formula is C19H17Cl2N5. The van der Waals surface area contributed by atoms with Crippen LogP contribution < -0.4 is 0 Å². The Morgan fingerprint density at radius 2 is 1.92 bits per heavy atom. The molecule has 5 nitrogen and oxygen atoms in total. The number of aryl methyl sites for hydroxylation is 1. The normalized spacial score (nSPS) is 11.3. The quantitative estimate of drug-likeness (QED) is 0.490. The molecule has 3 aromatic heterocycles. The molecule has 0 atom stereocenters. The van der Waals surface area contributed by atoms with Crippen LogP contribution in [0.2, 0.25) is 10.2 Å². The van der Waals surface area contributed by atoms with Crippen molar-refractivity contribution < 1.29 is 0 Å². The summed E-state index contributed by atoms with van der Waals surface area (Å²) in [4.78, 5) is 9.26. The van der Waals surface area contributed by atoms with Gasteiger partial charge in [0.05, 0.1) is 23.0 Å². The number of hydrogen-bond acceptors (Lipinski definition) is 3. The molecule has 4 rings (SSSR count). The zero-order valence-electron chi connectivity index (χ0n) is 14.2. The van der Waals surface area contributed by atoms with Crippen LogP contribution in [-0.2, 0) is 13.0 Å². The molecule has 3 heterocycles. The van der Waals surface area contributed by atoms with E-state index in [1.807, 2.05) is 41.0 Å². The van der Waals surface area contributed by atoms with Gasteiger partial charge in [0.15, 0.2) is 5.65 Å². The van der Waals surface area contributed by atoms with Crippen LogP contribution >= 0.6 is 23.2 Å². The zero-order chi connectivity index (χ0) is 18.1. The fourth-order valence-electron chi connectivity index (χ4n) is 3.10. The van der Waals surface area contributed by atoms with Crippen molar-refractivity contribution in [3.63, 3.8) is 0 Å². The lowest BCUT2D eigenvalue weighted by Crippen LogP contribution is -2.06. The third-order valence-electron chi connectivity index (χ3n) is 4.26. The molecule has 0 aliphatic heterocycles. The number of nitrogens with zero attached hydrogens (tertiary/aromatic N) is 5. The van der Waals surface area contributed by atoms with Gasteiger partial charge in [0.2, 0.25) is 0 Å². The van der Waals surface area contributed by atoms with Crippen LogP contribution in [-0.4, -0.2) is 24.1 Å². The van der Waals surface area contributed by atoms with Gasteiger partial charge >= 0.3 is 0 Å². The van der Waals surface area contributed by atoms with Gasteiger partial charge in [-0.2, -0.15) is 5.10 Å². The predicted molar refractivity (Wildman–Crippen MR) is 104 cm³/mol. The van der Waals surface area contributed by atoms with E-state index in [4.69, 9.17) is 28.2 Å². The number of aromatic nitrogens is 5. The first-order valence-electron chi connectivity index (χ1n) is 8.46. The lowest BCUT2D eigenvalue weighted by Gasteiger charge is -2.09. The first-order chi connectivity index (χ1) is 12.7. The average molecular weight is 386 g/mol. The number of imidazole rings is 2. The van der Waals surface area contributed by atoms with E-state index in [0.29, 0.717) is 16.7 Å². The Labute approximate surface area is 161 Å². The molecule has 0 saturated carbocycles. The molecule has 1 aromatic carbocycles. The molecule has 26 heavy (non-hydrogen) atoms. The first kappa shape index (κ1) is 17.1. The minimum atomic E-state index is 0.457. The predicted octanol–water partition coefficient (Wildman–Crippen LogP) is 4.90. The van der Waals surface area contributed by atoms with Crippen LogP contribution in [0.4, 0.5) is 0 Å². The standard InChI is InChI=1S/C19H17Cl2N5/c1-2-5-16-15(23-18-9-8-17(21)24-26(16)18)12-25-11-10-22-19(25)13-6-3-4-7-14(13)20/h3-4,6-11H,2,5,12H2,1H3. The highest BCUT2D eigenvalue weighted by Crippen LogP contribution is 2.27. The second-order valence-electron chi connectivity index (χ2n) is 6.04. The van der Waals surface area contributed by atoms with Crippen molar-refractivity contribution in [1.29, 1.82) is 0 Å². The van der Waals surface area contributed by atoms with Gasteiger partial charge in [-0.25, -0.2) is 14.5 Å². The Hall–Kier alpha value is -2.37. The second kappa shape index (κ2) is 7.09. The van der Waals surface area contributed by atoms with Crippen LogP contribution in [0.1, 0.15) is 24.7 Å². The number of halogens is 2. The van der Waals surface area contributed by atoms with Crippen molar-refractivity contribution in [2.75, 3.05) is 0 Å². The minimum absolute atomic E-state index is 0.457. The molecule has 0 saturated heterocycles. The molecular weight excluding hydrogens is 369 g/mol. The maximum atomic E-state index is 6.36. The van der Waals surface area contributed by atoms with Crippen LogP contribution in [0, 0.1) is 0 Å². The molecule has 0 spiro atoms. The molecule has 0 unspecified atom stereocenters. The van der Waals surface area contributed by atoms with Crippen LogP contribution in [0.3, 0.4) is 0 Å². The van der Waals surface area contributed by atoms with E-state index in [1.54, 1.807) is 12.3 Å². The summed E-state index contributed by atoms with van der Waals surface area (Å²) in [7, 11) is 0. The Morgan fingerprint density at radius 1 is 1.08 bits per heavy atom. The molecule has 132 valence electrons. The zero-order valence-corrected chi connectivity index (χ0v) is 15.7. The Bertz CT molecular complexity index is 1070. The van der Waals surface area contributed by atoms with Gasteiger partial charge in [-0.05, 0) is 30.7 Å². The monoisotopic (exact) mass is 385 g/mol. The summed E-state index contributed by atoms with van der Waals surface area (Å²) in [5, 5.41) is 5.55. The van der Waals surface area contributed by atoms with Gasteiger partial charge in [-0.15, -0.1) is 0 Å². The molecule has 0 radical (unpaired) electrons. The highest BCUT2D eigenvalue weighted by Gasteiger charge is 2.16. The molecule has 4 aromatic rings. The average Bonchev–Trinajstić information content (AvgIpc) is 3.21. The Kier molecular flexibility index (Phi) is 4.66. The van der Waals surface area contributed by atoms with Gasteiger partial charge in [0.1, 0.15) is 11.0 Å². The van der Waals surface area contributed by atoms with E-state index in [9.17, 15) is 0 Å². The van der Waals surface area contributed by atoms with E-state index in [1.165, 1.54) is 0 Å². The van der Waals surface area contributed by atoms with E-state index in [2.05, 4.69) is 21.6 Å². The summed E-state index contributed by atoms with van der Waals surface area (Å²) < 4.78 is 3.90. The fraction of sp³-hybridized carbons (Fsp3) is 0.211. The maximum absolute atomic E-state index is 6.36. The fourth-order valence-corrected chi connectivity index (χ4v) is 3.46. The van der Waals surface area contributed by atoms with Crippen molar-refractivity contribution in [1.82, 2.24) is 24.1 Å². The van der Waals surface area contributed by atoms with Crippen LogP contribution in [0.15, 0.2) is 48.8 Å². The Morgan fingerprint density at radius 3 is 2.73 bits per heavy atom. The highest BCUT2D eigenvalue weighted by atomic mass is 35.5. The molecule has 7 heteroatoms. The molecule has 0 N–H and O–H groups in total. The summed E-state index contributed by atoms with van der Waals surface area (Å²) in [5.41, 5.74) is 3.74. The molecule has 0 aliphatic carbocycles. The second-order valence-corrected chi connectivity index (χ2v) is 6.83. The first-order valence-corrected chi connectivity index (χ1v) is 9.22. The van der Waals surface area contributed by atoms with E-state index < -0.39 is 0 Å². The van der Waals surface area contributed by atoms with E-state index in [0.717, 1.165) is 41.3 Å². The van der Waals surface area contributed by atoms with Crippen LogP contribution in [0.5, 0.6) is 0 Å². The summed E-state index contributed by atoms with van der Waals surface area (Å²) in [6.07, 6.45) is 5.60. The smallest absolute Gasteiger partial charge is 0.154 e. The van der Waals surface area contributed by atoms with E-state index >= 15 is 0 Å². The summed E-state index contributed by atoms with van der Waals surface area (Å²) >= 11 is 12.4. The molecule has 0 aliphatic rings. The van der Waals surface area contributed by atoms with Crippen molar-refractivity contribution in [2.24, 2.45) is 0 Å². The van der Waals surface area contributed by atoms with Crippen molar-refractivity contribution in [3.05, 3.63) is 70.4 Å². The van der Waals surface area contributed by atoms with Crippen molar-refractivity contribution in [3.8, 4) is 11.4 Å². The Balaban J connectivity index is 1.78. The van der Waals surface area contributed by atoms with Crippen molar-refractivity contribution >= 4 is 28.8 Å². The highest BCUT2D eigenvalue weighted by molar-refractivity contribution is 6.33. The van der Waals surface area contributed by atoms with Gasteiger partial charge < -0.3 is 4.57 Å². The summed E-state index contributed by atoms with van der Waals surface area (Å²) in [6.45, 7) is 2.73. The van der Waals surface area contributed by atoms with Gasteiger partial charge in [-0.1, -0.05) is 48.7 Å². The van der Waals surface area contributed by atoms with E-state index in [-0.39, 0.29) is 0 Å². The van der Waals surface area contributed by atoms with Crippen molar-refractivity contribution in [2.45, 2.75) is 26.3 Å². The number of rotatable bonds is 5. The van der Waals surface area contributed by atoms with Crippen LogP contribution in [0.25, 0.3) is 17.0 Å². The lowest BCUT2D eigenvalue weighted by molar-refractivity contribution is 0.744. The SMILES string of the molecule is CCCc1c(Cn2ccnc2-c2ccccc2Cl)nc2ccc(Cl)nn12. The van der Waals surface area contributed by atoms with Gasteiger partial charge in [0.25, 0.3) is 0 Å². The number of hydrogen-bond donors (Lipinski definition) is 0. The number of benzene rings is 1. The molecule has 0 amide bonds. The largest absolute Gasteiger partial charge is 0.325 e. The third-order valence-corrected chi connectivity index (χ3v) is 4.79. The molecule has 0 bridgehead atoms. The number of fused-ring (bicyclic) bond motifs is 1. The summed E-state index contributed by atoms with van der Waals surface area (Å²) in [5.74, 6) is 0.820. The summed E-state index contributed by atoms with van der Waals surface area (Å²) in [6, 6.07) is 11.4. The molecule has 0 fully saturated rings. The minimum Gasteiger partial charge on any atom is -0.325 e.